The molecule has 0 N–H and O–H groups in total. The zero-order valence-corrected chi connectivity index (χ0v) is 5.54. The summed E-state index contributed by atoms with van der Waals surface area (Å²) in [6.07, 6.45) is 2.19. The summed E-state index contributed by atoms with van der Waals surface area (Å²) >= 11 is 0. The third kappa shape index (κ3) is 1.66. The topological polar surface area (TPSA) is 43.1 Å². The summed E-state index contributed by atoms with van der Waals surface area (Å²) in [5, 5.41) is 9.92. The largest absolute Gasteiger partial charge is 0.265 e. The zero-order chi connectivity index (χ0) is 6.85. The van der Waals surface area contributed by atoms with E-state index in [2.05, 4.69) is 6.92 Å². The number of nitrogens with zero attached hydrogens (tertiary/aromatic N) is 1. The highest BCUT2D eigenvalue weighted by atomic mass is 16.6. The molecule has 2 atom stereocenters. The molecule has 3 nitrogen and oxygen atoms in total. The van der Waals surface area contributed by atoms with E-state index in [1.54, 1.807) is 0 Å². The van der Waals surface area contributed by atoms with Crippen LogP contribution in [0.5, 0.6) is 0 Å². The van der Waals surface area contributed by atoms with Crippen LogP contribution in [0.15, 0.2) is 0 Å². The fourth-order valence-electron chi connectivity index (χ4n) is 1.23. The lowest BCUT2D eigenvalue weighted by Gasteiger charge is -1.88. The van der Waals surface area contributed by atoms with Crippen molar-refractivity contribution in [3.63, 3.8) is 0 Å². The van der Waals surface area contributed by atoms with Crippen molar-refractivity contribution < 1.29 is 4.92 Å². The Hall–Kier alpha value is -0.600. The zero-order valence-electron chi connectivity index (χ0n) is 5.54. The van der Waals surface area contributed by atoms with E-state index in [1.807, 2.05) is 0 Å². The molecule has 0 aliphatic heterocycles. The van der Waals surface area contributed by atoms with Crippen molar-refractivity contribution in [2.45, 2.75) is 19.8 Å². The Labute approximate surface area is 54.2 Å². The molecule has 0 aromatic heterocycles. The van der Waals surface area contributed by atoms with Crippen LogP contribution in [-0.2, 0) is 0 Å². The normalized spacial score (nSPS) is 32.1. The second kappa shape index (κ2) is 2.33. The number of nitro groups is 1. The van der Waals surface area contributed by atoms with Gasteiger partial charge >= 0.3 is 0 Å². The van der Waals surface area contributed by atoms with Crippen molar-refractivity contribution in [3.05, 3.63) is 10.1 Å². The minimum Gasteiger partial charge on any atom is -0.265 e. The number of hydrogen-bond donors (Lipinski definition) is 0. The fourth-order valence-corrected chi connectivity index (χ4v) is 1.23. The quantitative estimate of drug-likeness (QED) is 0.426. The number of rotatable bonds is 3. The van der Waals surface area contributed by atoms with Crippen LogP contribution < -0.4 is 0 Å². The molecule has 1 unspecified atom stereocenters. The van der Waals surface area contributed by atoms with Crippen LogP contribution >= 0.6 is 0 Å². The van der Waals surface area contributed by atoms with Crippen LogP contribution in [0.2, 0.25) is 0 Å². The molecule has 52 valence electrons. The second-order valence-corrected chi connectivity index (χ2v) is 2.68. The Morgan fingerprint density at radius 1 is 1.67 bits per heavy atom. The van der Waals surface area contributed by atoms with Crippen LogP contribution in [0, 0.1) is 22.0 Å². The van der Waals surface area contributed by atoms with E-state index in [0.717, 1.165) is 12.8 Å². The molecule has 0 bridgehead atoms. The minimum atomic E-state index is -0.208. The molecular formula is C6H11NO2. The Morgan fingerprint density at radius 2 is 2.33 bits per heavy atom. The van der Waals surface area contributed by atoms with Crippen molar-refractivity contribution in [1.82, 2.24) is 0 Å². The van der Waals surface area contributed by atoms with Crippen LogP contribution in [0.3, 0.4) is 0 Å². The van der Waals surface area contributed by atoms with E-state index < -0.39 is 0 Å². The lowest BCUT2D eigenvalue weighted by molar-refractivity contribution is -0.484. The average Bonchev–Trinajstić information content (AvgIpc) is 2.45. The van der Waals surface area contributed by atoms with E-state index in [1.165, 1.54) is 0 Å². The van der Waals surface area contributed by atoms with Gasteiger partial charge in [-0.25, -0.2) is 0 Å². The lowest BCUT2D eigenvalue weighted by atomic mass is 10.2. The van der Waals surface area contributed by atoms with Gasteiger partial charge in [-0.1, -0.05) is 13.3 Å². The molecule has 0 amide bonds. The summed E-state index contributed by atoms with van der Waals surface area (Å²) in [4.78, 5) is 9.71. The van der Waals surface area contributed by atoms with Gasteiger partial charge in [0.2, 0.25) is 6.54 Å². The van der Waals surface area contributed by atoms with Gasteiger partial charge in [0.25, 0.3) is 0 Å². The Morgan fingerprint density at radius 3 is 2.67 bits per heavy atom. The van der Waals surface area contributed by atoms with Gasteiger partial charge in [0.15, 0.2) is 0 Å². The van der Waals surface area contributed by atoms with Crippen LogP contribution in [0.25, 0.3) is 0 Å². The summed E-state index contributed by atoms with van der Waals surface area (Å²) in [5.74, 6) is 1.07. The van der Waals surface area contributed by atoms with Gasteiger partial charge in [0.1, 0.15) is 0 Å². The van der Waals surface area contributed by atoms with Crippen molar-refractivity contribution in [3.8, 4) is 0 Å². The van der Waals surface area contributed by atoms with Gasteiger partial charge in [0.05, 0.1) is 0 Å². The maximum absolute atomic E-state index is 9.92. The third-order valence-electron chi connectivity index (χ3n) is 1.98. The standard InChI is InChI=1S/C6H11NO2/c1-2-5-3-6(5)4-7(8)9/h5-6H,2-4H2,1H3/t5-,6?/m1/s1. The van der Waals surface area contributed by atoms with Gasteiger partial charge < -0.3 is 0 Å². The number of hydrogen-bond acceptors (Lipinski definition) is 2. The summed E-state index contributed by atoms with van der Waals surface area (Å²) in [7, 11) is 0. The maximum Gasteiger partial charge on any atom is 0.206 e. The first-order chi connectivity index (χ1) is 4.24. The van der Waals surface area contributed by atoms with E-state index in [4.69, 9.17) is 0 Å². The summed E-state index contributed by atoms with van der Waals surface area (Å²) in [6.45, 7) is 2.28. The monoisotopic (exact) mass is 129 g/mol. The molecule has 0 aromatic rings. The highest BCUT2D eigenvalue weighted by Crippen LogP contribution is 2.40. The molecule has 1 saturated carbocycles. The first-order valence-electron chi connectivity index (χ1n) is 3.35. The van der Waals surface area contributed by atoms with Gasteiger partial charge in [-0.2, -0.15) is 0 Å². The fraction of sp³-hybridized carbons (Fsp3) is 1.00. The molecule has 1 rings (SSSR count). The third-order valence-corrected chi connectivity index (χ3v) is 1.98. The maximum atomic E-state index is 9.92. The Balaban J connectivity index is 2.12. The molecule has 0 spiro atoms. The molecule has 0 saturated heterocycles. The van der Waals surface area contributed by atoms with Crippen LogP contribution in [0.4, 0.5) is 0 Å². The highest BCUT2D eigenvalue weighted by molar-refractivity contribution is 4.84. The van der Waals surface area contributed by atoms with E-state index in [-0.39, 0.29) is 11.5 Å². The summed E-state index contributed by atoms with van der Waals surface area (Å²) in [6, 6.07) is 0. The molecule has 1 aliphatic rings. The Bertz CT molecular complexity index is 124. The molecule has 0 radical (unpaired) electrons. The predicted octanol–water partition coefficient (Wildman–Crippen LogP) is 1.31. The van der Waals surface area contributed by atoms with Crippen LogP contribution in [-0.4, -0.2) is 11.5 Å². The molecule has 0 aromatic carbocycles. The lowest BCUT2D eigenvalue weighted by Crippen LogP contribution is -2.03. The first-order valence-corrected chi connectivity index (χ1v) is 3.35. The van der Waals surface area contributed by atoms with Crippen molar-refractivity contribution in [2.24, 2.45) is 11.8 Å². The van der Waals surface area contributed by atoms with Gasteiger partial charge in [-0.15, -0.1) is 0 Å². The van der Waals surface area contributed by atoms with Gasteiger partial charge in [-0.05, 0) is 12.3 Å². The van der Waals surface area contributed by atoms with E-state index >= 15 is 0 Å². The Kier molecular flexibility index (Phi) is 1.69. The van der Waals surface area contributed by atoms with Crippen molar-refractivity contribution in [1.29, 1.82) is 0 Å². The molecule has 1 fully saturated rings. The smallest absolute Gasteiger partial charge is 0.206 e. The summed E-state index contributed by atoms with van der Waals surface area (Å²) in [5.41, 5.74) is 0. The van der Waals surface area contributed by atoms with E-state index in [0.29, 0.717) is 11.8 Å². The SMILES string of the molecule is CC[C@@H]1CC1C[N+](=O)[O-]. The molecule has 9 heavy (non-hydrogen) atoms. The van der Waals surface area contributed by atoms with Gasteiger partial charge in [0, 0.05) is 10.8 Å². The minimum absolute atomic E-state index is 0.193. The molecule has 0 heterocycles. The molecular weight excluding hydrogens is 118 g/mol. The van der Waals surface area contributed by atoms with E-state index in [9.17, 15) is 10.1 Å². The van der Waals surface area contributed by atoms with Gasteiger partial charge in [-0.3, -0.25) is 10.1 Å². The molecule has 3 heteroatoms. The first kappa shape index (κ1) is 6.52. The van der Waals surface area contributed by atoms with Crippen molar-refractivity contribution >= 4 is 0 Å². The molecule has 1 aliphatic carbocycles. The average molecular weight is 129 g/mol. The highest BCUT2D eigenvalue weighted by Gasteiger charge is 2.38. The second-order valence-electron chi connectivity index (χ2n) is 2.68. The predicted molar refractivity (Wildman–Crippen MR) is 33.7 cm³/mol. The summed E-state index contributed by atoms with van der Waals surface area (Å²) < 4.78 is 0. The van der Waals surface area contributed by atoms with Crippen LogP contribution in [0.1, 0.15) is 19.8 Å². The van der Waals surface area contributed by atoms with Crippen molar-refractivity contribution in [2.75, 3.05) is 6.54 Å².